The van der Waals surface area contributed by atoms with Gasteiger partial charge in [0, 0.05) is 5.56 Å². The van der Waals surface area contributed by atoms with E-state index in [4.69, 9.17) is 9.47 Å². The van der Waals surface area contributed by atoms with Crippen LogP contribution in [0.3, 0.4) is 0 Å². The van der Waals surface area contributed by atoms with Crippen LogP contribution in [-0.4, -0.2) is 24.5 Å². The lowest BCUT2D eigenvalue weighted by Gasteiger charge is -2.27. The number of carbonyl (C=O) groups is 1. The summed E-state index contributed by atoms with van der Waals surface area (Å²) in [5, 5.41) is 0. The Hall–Kier alpha value is -2.04. The smallest absolute Gasteiger partial charge is 0.240 e. The summed E-state index contributed by atoms with van der Waals surface area (Å²) in [5.41, 5.74) is 3.02. The first-order chi connectivity index (χ1) is 9.74. The third-order valence-electron chi connectivity index (χ3n) is 3.35. The molecule has 0 N–H and O–H groups in total. The Kier molecular flexibility index (Phi) is 3.34. The summed E-state index contributed by atoms with van der Waals surface area (Å²) in [6, 6.07) is 13.2. The van der Waals surface area contributed by atoms with Gasteiger partial charge in [0.1, 0.15) is 11.4 Å². The van der Waals surface area contributed by atoms with Crippen LogP contribution in [0, 0.1) is 6.92 Å². The number of hydrogen-bond acceptors (Lipinski definition) is 4. The summed E-state index contributed by atoms with van der Waals surface area (Å²) in [7, 11) is 0. The molecule has 0 spiro atoms. The van der Waals surface area contributed by atoms with Crippen molar-refractivity contribution in [1.29, 1.82) is 0 Å². The number of carbonyl (C=O) groups excluding carboxylic acids is 1. The Morgan fingerprint density at radius 1 is 1.10 bits per heavy atom. The minimum absolute atomic E-state index is 0.369. The van der Waals surface area contributed by atoms with E-state index in [1.54, 1.807) is 12.1 Å². The second kappa shape index (κ2) is 5.15. The van der Waals surface area contributed by atoms with E-state index in [2.05, 4.69) is 4.98 Å². The molecule has 1 aromatic carbocycles. The van der Waals surface area contributed by atoms with Crippen molar-refractivity contribution in [3.05, 3.63) is 65.0 Å². The zero-order chi connectivity index (χ0) is 14.0. The molecule has 0 saturated carbocycles. The molecular formula is C16H15NO3. The zero-order valence-corrected chi connectivity index (χ0v) is 11.2. The van der Waals surface area contributed by atoms with Crippen molar-refractivity contribution >= 4 is 6.29 Å². The maximum Gasteiger partial charge on any atom is 0.240 e. The van der Waals surface area contributed by atoms with Gasteiger partial charge in [-0.15, -0.1) is 0 Å². The average molecular weight is 269 g/mol. The molecule has 20 heavy (non-hydrogen) atoms. The largest absolute Gasteiger partial charge is 0.339 e. The number of hydrogen-bond donors (Lipinski definition) is 0. The minimum Gasteiger partial charge on any atom is -0.339 e. The van der Waals surface area contributed by atoms with E-state index in [-0.39, 0.29) is 0 Å². The van der Waals surface area contributed by atoms with E-state index in [1.807, 2.05) is 37.3 Å². The van der Waals surface area contributed by atoms with Gasteiger partial charge in [-0.25, -0.2) is 4.98 Å². The van der Waals surface area contributed by atoms with Gasteiger partial charge in [0.15, 0.2) is 6.29 Å². The molecule has 3 rings (SSSR count). The van der Waals surface area contributed by atoms with Crippen LogP contribution in [0.1, 0.15) is 27.3 Å². The molecule has 1 aliphatic rings. The van der Waals surface area contributed by atoms with E-state index < -0.39 is 5.79 Å². The highest BCUT2D eigenvalue weighted by atomic mass is 16.7. The first kappa shape index (κ1) is 13.0. The predicted octanol–water partition coefficient (Wildman–Crippen LogP) is 2.45. The lowest BCUT2D eigenvalue weighted by molar-refractivity contribution is -0.133. The predicted molar refractivity (Wildman–Crippen MR) is 73.5 cm³/mol. The lowest BCUT2D eigenvalue weighted by atomic mass is 10.00. The summed E-state index contributed by atoms with van der Waals surface area (Å²) in [5.74, 6) is -1.01. The van der Waals surface area contributed by atoms with Gasteiger partial charge in [-0.2, -0.15) is 0 Å². The number of benzene rings is 1. The number of nitrogens with zero attached hydrogens (tertiary/aromatic N) is 1. The van der Waals surface area contributed by atoms with Gasteiger partial charge in [0.2, 0.25) is 5.79 Å². The second-order valence-electron chi connectivity index (χ2n) is 4.75. The summed E-state index contributed by atoms with van der Waals surface area (Å²) in [4.78, 5) is 15.2. The van der Waals surface area contributed by atoms with Crippen LogP contribution in [-0.2, 0) is 15.3 Å². The van der Waals surface area contributed by atoms with Crippen LogP contribution >= 0.6 is 0 Å². The highest BCUT2D eigenvalue weighted by Crippen LogP contribution is 2.37. The van der Waals surface area contributed by atoms with E-state index in [0.29, 0.717) is 24.6 Å². The van der Waals surface area contributed by atoms with Gasteiger partial charge >= 0.3 is 0 Å². The normalized spacial score (nSPS) is 17.1. The fraction of sp³-hybridized carbons (Fsp3) is 0.250. The monoisotopic (exact) mass is 269 g/mol. The molecular weight excluding hydrogens is 254 g/mol. The zero-order valence-electron chi connectivity index (χ0n) is 11.2. The number of pyridine rings is 1. The van der Waals surface area contributed by atoms with Crippen molar-refractivity contribution in [3.8, 4) is 0 Å². The molecule has 4 nitrogen and oxygen atoms in total. The van der Waals surface area contributed by atoms with E-state index in [9.17, 15) is 4.79 Å². The van der Waals surface area contributed by atoms with Gasteiger partial charge in [-0.05, 0) is 19.1 Å². The first-order valence-corrected chi connectivity index (χ1v) is 6.52. The van der Waals surface area contributed by atoms with Crippen LogP contribution in [0.25, 0.3) is 0 Å². The fourth-order valence-electron chi connectivity index (χ4n) is 2.35. The van der Waals surface area contributed by atoms with Gasteiger partial charge in [0.25, 0.3) is 0 Å². The highest BCUT2D eigenvalue weighted by molar-refractivity contribution is 5.71. The molecule has 4 heteroatoms. The van der Waals surface area contributed by atoms with Crippen LogP contribution in [0.15, 0.2) is 42.5 Å². The standard InChI is InChI=1S/C16H15NO3/c1-12-5-7-13(8-6-12)16(19-9-10-20-16)15-4-2-3-14(11-18)17-15/h2-8,11H,9-10H2,1H3. The van der Waals surface area contributed by atoms with Crippen LogP contribution in [0.2, 0.25) is 0 Å². The van der Waals surface area contributed by atoms with Gasteiger partial charge in [0.05, 0.1) is 13.2 Å². The summed E-state index contributed by atoms with van der Waals surface area (Å²) in [6.07, 6.45) is 0.724. The van der Waals surface area contributed by atoms with Crippen LogP contribution < -0.4 is 0 Å². The Labute approximate surface area is 117 Å². The van der Waals surface area contributed by atoms with Crippen molar-refractivity contribution < 1.29 is 14.3 Å². The first-order valence-electron chi connectivity index (χ1n) is 6.52. The van der Waals surface area contributed by atoms with Gasteiger partial charge in [-0.1, -0.05) is 35.9 Å². The van der Waals surface area contributed by atoms with Crippen molar-refractivity contribution in [1.82, 2.24) is 4.98 Å². The van der Waals surface area contributed by atoms with E-state index in [1.165, 1.54) is 0 Å². The SMILES string of the molecule is Cc1ccc(C2(c3cccc(C=O)n3)OCCO2)cc1. The molecule has 1 fully saturated rings. The van der Waals surface area contributed by atoms with Crippen molar-refractivity contribution in [3.63, 3.8) is 0 Å². The molecule has 0 unspecified atom stereocenters. The number of aryl methyl sites for hydroxylation is 1. The topological polar surface area (TPSA) is 48.4 Å². The molecule has 1 aromatic heterocycles. The van der Waals surface area contributed by atoms with Crippen molar-refractivity contribution in [2.75, 3.05) is 13.2 Å². The molecule has 0 radical (unpaired) electrons. The van der Waals surface area contributed by atoms with Crippen LogP contribution in [0.5, 0.6) is 0 Å². The molecule has 1 saturated heterocycles. The molecule has 0 bridgehead atoms. The summed E-state index contributed by atoms with van der Waals surface area (Å²) < 4.78 is 11.7. The summed E-state index contributed by atoms with van der Waals surface area (Å²) >= 11 is 0. The maximum absolute atomic E-state index is 10.9. The lowest BCUT2D eigenvalue weighted by Crippen LogP contribution is -2.30. The molecule has 0 aliphatic carbocycles. The number of aromatic nitrogens is 1. The minimum atomic E-state index is -1.01. The van der Waals surface area contributed by atoms with E-state index >= 15 is 0 Å². The number of rotatable bonds is 3. The molecule has 102 valence electrons. The maximum atomic E-state index is 10.9. The second-order valence-corrected chi connectivity index (χ2v) is 4.75. The van der Waals surface area contributed by atoms with Gasteiger partial charge in [-0.3, -0.25) is 4.79 Å². The quantitative estimate of drug-likeness (QED) is 0.803. The highest BCUT2D eigenvalue weighted by Gasteiger charge is 2.42. The Balaban J connectivity index is 2.11. The molecule has 0 atom stereocenters. The average Bonchev–Trinajstić information content (AvgIpc) is 2.99. The Bertz CT molecular complexity index is 616. The number of ether oxygens (including phenoxy) is 2. The third kappa shape index (κ3) is 2.13. The molecule has 2 aromatic rings. The molecule has 1 aliphatic heterocycles. The fourth-order valence-corrected chi connectivity index (χ4v) is 2.35. The van der Waals surface area contributed by atoms with E-state index in [0.717, 1.165) is 17.4 Å². The van der Waals surface area contributed by atoms with Crippen LogP contribution in [0.4, 0.5) is 0 Å². The third-order valence-corrected chi connectivity index (χ3v) is 3.35. The van der Waals surface area contributed by atoms with Crippen molar-refractivity contribution in [2.45, 2.75) is 12.7 Å². The Morgan fingerprint density at radius 2 is 1.80 bits per heavy atom. The molecule has 0 amide bonds. The Morgan fingerprint density at radius 3 is 2.45 bits per heavy atom. The molecule has 2 heterocycles. The van der Waals surface area contributed by atoms with Gasteiger partial charge < -0.3 is 9.47 Å². The number of aldehydes is 1. The van der Waals surface area contributed by atoms with Crippen molar-refractivity contribution in [2.24, 2.45) is 0 Å². The summed E-state index contributed by atoms with van der Waals surface area (Å²) in [6.45, 7) is 3.03.